The van der Waals surface area contributed by atoms with Gasteiger partial charge in [-0.15, -0.1) is 0 Å². The topological polar surface area (TPSA) is 75.8 Å². The number of hydrogen-bond donors (Lipinski definition) is 2. The van der Waals surface area contributed by atoms with E-state index in [2.05, 4.69) is 4.90 Å². The summed E-state index contributed by atoms with van der Waals surface area (Å²) in [6.07, 6.45) is -0.548. The SMILES string of the molecule is Nc1cccc(OCC(O)CN2CCS(=O)CC2)c1. The van der Waals surface area contributed by atoms with E-state index >= 15 is 0 Å². The number of ether oxygens (including phenoxy) is 1. The molecule has 6 heteroatoms. The molecule has 1 aromatic rings. The van der Waals surface area contributed by atoms with Gasteiger partial charge in [0, 0.05) is 53.7 Å². The fourth-order valence-corrected chi connectivity index (χ4v) is 3.13. The van der Waals surface area contributed by atoms with Gasteiger partial charge in [0.1, 0.15) is 18.5 Å². The number of rotatable bonds is 5. The molecule has 1 fully saturated rings. The Morgan fingerprint density at radius 3 is 2.84 bits per heavy atom. The second-order valence-electron chi connectivity index (χ2n) is 4.69. The minimum absolute atomic E-state index is 0.239. The summed E-state index contributed by atoms with van der Waals surface area (Å²) >= 11 is 0. The van der Waals surface area contributed by atoms with E-state index < -0.39 is 16.9 Å². The first-order chi connectivity index (χ1) is 9.13. The van der Waals surface area contributed by atoms with Crippen LogP contribution in [0.15, 0.2) is 24.3 Å². The van der Waals surface area contributed by atoms with Crippen molar-refractivity contribution >= 4 is 16.5 Å². The Morgan fingerprint density at radius 2 is 2.16 bits per heavy atom. The first-order valence-corrected chi connectivity index (χ1v) is 7.86. The highest BCUT2D eigenvalue weighted by molar-refractivity contribution is 7.85. The number of benzene rings is 1. The molecule has 1 unspecified atom stereocenters. The average Bonchev–Trinajstić information content (AvgIpc) is 2.39. The molecular formula is C13H20N2O3S. The van der Waals surface area contributed by atoms with Crippen LogP contribution in [0.25, 0.3) is 0 Å². The van der Waals surface area contributed by atoms with Crippen LogP contribution in [0.5, 0.6) is 5.75 Å². The molecule has 0 amide bonds. The molecule has 0 radical (unpaired) electrons. The van der Waals surface area contributed by atoms with E-state index in [0.717, 1.165) is 13.1 Å². The summed E-state index contributed by atoms with van der Waals surface area (Å²) < 4.78 is 16.7. The number of anilines is 1. The molecule has 1 aliphatic rings. The molecule has 1 saturated heterocycles. The number of nitrogen functional groups attached to an aromatic ring is 1. The van der Waals surface area contributed by atoms with Crippen LogP contribution < -0.4 is 10.5 Å². The number of nitrogens with zero attached hydrogens (tertiary/aromatic N) is 1. The maximum absolute atomic E-state index is 11.2. The van der Waals surface area contributed by atoms with E-state index in [9.17, 15) is 9.32 Å². The highest BCUT2D eigenvalue weighted by atomic mass is 32.2. The molecule has 0 spiro atoms. The lowest BCUT2D eigenvalue weighted by atomic mass is 10.3. The normalized spacial score (nSPS) is 19.2. The van der Waals surface area contributed by atoms with Crippen LogP contribution in [0.4, 0.5) is 5.69 Å². The number of β-amino-alcohol motifs (C(OH)–C–C–N with tert-alkyl or cyclic N) is 1. The Kier molecular flexibility index (Phi) is 5.18. The van der Waals surface area contributed by atoms with Gasteiger partial charge in [0.05, 0.1) is 0 Å². The Bertz CT molecular complexity index is 432. The predicted octanol–water partition coefficient (Wildman–Crippen LogP) is 0.0728. The summed E-state index contributed by atoms with van der Waals surface area (Å²) in [4.78, 5) is 2.12. The van der Waals surface area contributed by atoms with Crippen LogP contribution in [0.1, 0.15) is 0 Å². The molecule has 1 aromatic carbocycles. The molecule has 1 atom stereocenters. The lowest BCUT2D eigenvalue weighted by Gasteiger charge is -2.28. The molecule has 0 bridgehead atoms. The van der Waals surface area contributed by atoms with Crippen molar-refractivity contribution in [2.75, 3.05) is 43.5 Å². The van der Waals surface area contributed by atoms with Gasteiger partial charge in [0.15, 0.2) is 0 Å². The molecule has 5 nitrogen and oxygen atoms in total. The summed E-state index contributed by atoms with van der Waals surface area (Å²) in [7, 11) is -0.680. The molecule has 106 valence electrons. The number of aliphatic hydroxyl groups excluding tert-OH is 1. The zero-order valence-electron chi connectivity index (χ0n) is 10.8. The monoisotopic (exact) mass is 284 g/mol. The fourth-order valence-electron chi connectivity index (χ4n) is 2.01. The smallest absolute Gasteiger partial charge is 0.121 e. The van der Waals surface area contributed by atoms with Crippen LogP contribution >= 0.6 is 0 Å². The number of nitrogens with two attached hydrogens (primary N) is 1. The third-order valence-electron chi connectivity index (χ3n) is 3.04. The Balaban J connectivity index is 1.72. The van der Waals surface area contributed by atoms with Crippen molar-refractivity contribution in [2.45, 2.75) is 6.10 Å². The zero-order chi connectivity index (χ0) is 13.7. The molecular weight excluding hydrogens is 264 g/mol. The third-order valence-corrected chi connectivity index (χ3v) is 4.32. The lowest BCUT2D eigenvalue weighted by Crippen LogP contribution is -2.43. The summed E-state index contributed by atoms with van der Waals surface area (Å²) in [5.41, 5.74) is 6.29. The highest BCUT2D eigenvalue weighted by Crippen LogP contribution is 2.14. The first-order valence-electron chi connectivity index (χ1n) is 6.37. The average molecular weight is 284 g/mol. The van der Waals surface area contributed by atoms with Crippen molar-refractivity contribution in [1.82, 2.24) is 4.90 Å². The Hall–Kier alpha value is -1.11. The van der Waals surface area contributed by atoms with Gasteiger partial charge < -0.3 is 15.6 Å². The van der Waals surface area contributed by atoms with Gasteiger partial charge in [0.25, 0.3) is 0 Å². The van der Waals surface area contributed by atoms with E-state index in [4.69, 9.17) is 10.5 Å². The lowest BCUT2D eigenvalue weighted by molar-refractivity contribution is 0.0713. The molecule has 1 aliphatic heterocycles. The van der Waals surface area contributed by atoms with E-state index in [1.807, 2.05) is 12.1 Å². The largest absolute Gasteiger partial charge is 0.491 e. The predicted molar refractivity (Wildman–Crippen MR) is 76.7 cm³/mol. The van der Waals surface area contributed by atoms with Gasteiger partial charge in [-0.1, -0.05) is 6.07 Å². The fraction of sp³-hybridized carbons (Fsp3) is 0.538. The Morgan fingerprint density at radius 1 is 1.42 bits per heavy atom. The maximum atomic E-state index is 11.2. The number of aliphatic hydroxyl groups is 1. The van der Waals surface area contributed by atoms with Gasteiger partial charge >= 0.3 is 0 Å². The standard InChI is InChI=1S/C13H20N2O3S/c14-11-2-1-3-13(8-11)18-10-12(16)9-15-4-6-19(17)7-5-15/h1-3,8,12,16H,4-7,9-10,14H2. The first kappa shape index (κ1) is 14.3. The quantitative estimate of drug-likeness (QED) is 0.749. The number of hydrogen-bond acceptors (Lipinski definition) is 5. The maximum Gasteiger partial charge on any atom is 0.121 e. The van der Waals surface area contributed by atoms with Crippen molar-refractivity contribution in [1.29, 1.82) is 0 Å². The second-order valence-corrected chi connectivity index (χ2v) is 6.38. The highest BCUT2D eigenvalue weighted by Gasteiger charge is 2.18. The van der Waals surface area contributed by atoms with Crippen molar-refractivity contribution in [3.63, 3.8) is 0 Å². The minimum atomic E-state index is -0.680. The van der Waals surface area contributed by atoms with Crippen LogP contribution in [0.2, 0.25) is 0 Å². The van der Waals surface area contributed by atoms with Crippen molar-refractivity contribution in [3.8, 4) is 5.75 Å². The van der Waals surface area contributed by atoms with Gasteiger partial charge in [-0.25, -0.2) is 0 Å². The molecule has 19 heavy (non-hydrogen) atoms. The summed E-state index contributed by atoms with van der Waals surface area (Å²) in [5, 5.41) is 9.92. The summed E-state index contributed by atoms with van der Waals surface area (Å²) in [6, 6.07) is 7.15. The molecule has 2 rings (SSSR count). The van der Waals surface area contributed by atoms with Gasteiger partial charge in [-0.3, -0.25) is 9.11 Å². The molecule has 3 N–H and O–H groups in total. The molecule has 0 aliphatic carbocycles. The molecule has 0 saturated carbocycles. The second kappa shape index (κ2) is 6.88. The summed E-state index contributed by atoms with van der Waals surface area (Å²) in [5.74, 6) is 2.06. The molecule has 1 heterocycles. The van der Waals surface area contributed by atoms with E-state index in [1.54, 1.807) is 12.1 Å². The van der Waals surface area contributed by atoms with Crippen LogP contribution in [-0.4, -0.2) is 58.1 Å². The van der Waals surface area contributed by atoms with Crippen molar-refractivity contribution < 1.29 is 14.1 Å². The van der Waals surface area contributed by atoms with E-state index in [1.165, 1.54) is 0 Å². The van der Waals surface area contributed by atoms with Crippen molar-refractivity contribution in [2.24, 2.45) is 0 Å². The summed E-state index contributed by atoms with van der Waals surface area (Å²) in [6.45, 7) is 2.35. The van der Waals surface area contributed by atoms with Gasteiger partial charge in [-0.05, 0) is 12.1 Å². The molecule has 0 aromatic heterocycles. The third kappa shape index (κ3) is 4.81. The zero-order valence-corrected chi connectivity index (χ0v) is 11.6. The van der Waals surface area contributed by atoms with Crippen molar-refractivity contribution in [3.05, 3.63) is 24.3 Å². The Labute approximate surface area is 115 Å². The van der Waals surface area contributed by atoms with Crippen LogP contribution in [0.3, 0.4) is 0 Å². The van der Waals surface area contributed by atoms with Gasteiger partial charge in [0.2, 0.25) is 0 Å². The van der Waals surface area contributed by atoms with Crippen LogP contribution in [0, 0.1) is 0 Å². The van der Waals surface area contributed by atoms with E-state index in [-0.39, 0.29) is 6.61 Å². The van der Waals surface area contributed by atoms with Crippen LogP contribution in [-0.2, 0) is 10.8 Å². The minimum Gasteiger partial charge on any atom is -0.491 e. The van der Waals surface area contributed by atoms with Gasteiger partial charge in [-0.2, -0.15) is 0 Å². The van der Waals surface area contributed by atoms with E-state index in [0.29, 0.717) is 29.5 Å².